The Morgan fingerprint density at radius 1 is 1.16 bits per heavy atom. The van der Waals surface area contributed by atoms with Crippen LogP contribution in [0.15, 0.2) is 51.4 Å². The van der Waals surface area contributed by atoms with Gasteiger partial charge in [-0.05, 0) is 65.9 Å². The minimum atomic E-state index is -0.251. The summed E-state index contributed by atoms with van der Waals surface area (Å²) in [6.45, 7) is 0.483. The van der Waals surface area contributed by atoms with Gasteiger partial charge in [-0.3, -0.25) is 0 Å². The molecule has 5 nitrogen and oxygen atoms in total. The van der Waals surface area contributed by atoms with Gasteiger partial charge in [-0.2, -0.15) is 0 Å². The summed E-state index contributed by atoms with van der Waals surface area (Å²) < 4.78 is 6.92. The molecule has 2 amide bonds. The summed E-state index contributed by atoms with van der Waals surface area (Å²) in [6.07, 6.45) is 0. The molecule has 0 saturated heterocycles. The van der Waals surface area contributed by atoms with Gasteiger partial charge in [0.2, 0.25) is 0 Å². The fourth-order valence-electron chi connectivity index (χ4n) is 2.37. The van der Waals surface area contributed by atoms with Crippen LogP contribution < -0.4 is 15.4 Å². The molecule has 0 aromatic heterocycles. The van der Waals surface area contributed by atoms with Crippen LogP contribution in [-0.2, 0) is 0 Å². The second-order valence-corrected chi connectivity index (χ2v) is 7.48. The number of amides is 2. The molecule has 2 rings (SSSR count). The maximum Gasteiger partial charge on any atom is 0.319 e. The smallest absolute Gasteiger partial charge is 0.319 e. The lowest BCUT2D eigenvalue weighted by Crippen LogP contribution is -2.36. The average Bonchev–Trinajstić information content (AvgIpc) is 2.58. The zero-order chi connectivity index (χ0) is 18.4. The van der Waals surface area contributed by atoms with Gasteiger partial charge >= 0.3 is 6.03 Å². The molecule has 2 aromatic carbocycles. The van der Waals surface area contributed by atoms with Gasteiger partial charge in [0.1, 0.15) is 5.75 Å². The number of likely N-dealkylation sites (N-methyl/N-ethyl adjacent to an activating group) is 1. The van der Waals surface area contributed by atoms with Crippen molar-refractivity contribution in [2.45, 2.75) is 6.04 Å². The molecule has 1 unspecified atom stereocenters. The molecule has 0 radical (unpaired) electrons. The largest absolute Gasteiger partial charge is 0.497 e. The third kappa shape index (κ3) is 5.73. The number of nitrogens with one attached hydrogen (secondary N) is 2. The molecule has 1 atom stereocenters. The molecule has 0 saturated carbocycles. The zero-order valence-electron chi connectivity index (χ0n) is 14.3. The third-order valence-electron chi connectivity index (χ3n) is 3.76. The zero-order valence-corrected chi connectivity index (χ0v) is 17.5. The van der Waals surface area contributed by atoms with Crippen molar-refractivity contribution in [1.82, 2.24) is 10.2 Å². The Kier molecular flexibility index (Phi) is 7.28. The number of anilines is 1. The molecule has 0 heterocycles. The quantitative estimate of drug-likeness (QED) is 0.646. The van der Waals surface area contributed by atoms with Crippen LogP contribution >= 0.6 is 31.9 Å². The van der Waals surface area contributed by atoms with E-state index in [1.807, 2.05) is 56.6 Å². The molecule has 2 N–H and O–H groups in total. The van der Waals surface area contributed by atoms with E-state index in [4.69, 9.17) is 4.74 Å². The first kappa shape index (κ1) is 19.8. The fraction of sp³-hybridized carbons (Fsp3) is 0.278. The number of nitrogens with zero attached hydrogens (tertiary/aromatic N) is 1. The summed E-state index contributed by atoms with van der Waals surface area (Å²) in [4.78, 5) is 14.3. The third-order valence-corrected chi connectivity index (χ3v) is 4.94. The molecular formula is C18H21Br2N3O2. The van der Waals surface area contributed by atoms with Crippen LogP contribution in [0, 0.1) is 0 Å². The highest BCUT2D eigenvalue weighted by Crippen LogP contribution is 2.26. The van der Waals surface area contributed by atoms with E-state index in [2.05, 4.69) is 47.4 Å². The number of hydrogen-bond donors (Lipinski definition) is 2. The average molecular weight is 471 g/mol. The lowest BCUT2D eigenvalue weighted by molar-refractivity contribution is 0.243. The van der Waals surface area contributed by atoms with Gasteiger partial charge in [0, 0.05) is 15.5 Å². The van der Waals surface area contributed by atoms with E-state index < -0.39 is 0 Å². The second kappa shape index (κ2) is 9.22. The van der Waals surface area contributed by atoms with Crippen molar-refractivity contribution in [3.8, 4) is 5.75 Å². The summed E-state index contributed by atoms with van der Waals surface area (Å²) in [5.41, 5.74) is 1.81. The predicted molar refractivity (Wildman–Crippen MR) is 108 cm³/mol. The Hall–Kier alpha value is -1.57. The molecule has 25 heavy (non-hydrogen) atoms. The fourth-order valence-corrected chi connectivity index (χ4v) is 3.08. The number of urea groups is 1. The van der Waals surface area contributed by atoms with Crippen LogP contribution in [0.3, 0.4) is 0 Å². The molecule has 0 fully saturated rings. The Morgan fingerprint density at radius 2 is 1.84 bits per heavy atom. The Balaban J connectivity index is 2.00. The summed E-state index contributed by atoms with van der Waals surface area (Å²) in [7, 11) is 5.61. The van der Waals surface area contributed by atoms with Crippen LogP contribution in [0.4, 0.5) is 10.5 Å². The molecule has 7 heteroatoms. The van der Waals surface area contributed by atoms with Gasteiger partial charge < -0.3 is 20.3 Å². The number of hydrogen-bond acceptors (Lipinski definition) is 3. The highest BCUT2D eigenvalue weighted by Gasteiger charge is 2.16. The van der Waals surface area contributed by atoms with Crippen LogP contribution in [0.1, 0.15) is 11.6 Å². The van der Waals surface area contributed by atoms with Crippen LogP contribution in [0.25, 0.3) is 0 Å². The molecule has 0 spiro atoms. The predicted octanol–water partition coefficient (Wildman–Crippen LogP) is 4.64. The highest BCUT2D eigenvalue weighted by molar-refractivity contribution is 9.11. The van der Waals surface area contributed by atoms with Crippen molar-refractivity contribution in [2.75, 3.05) is 33.1 Å². The van der Waals surface area contributed by atoms with Gasteiger partial charge in [0.05, 0.1) is 18.8 Å². The SMILES string of the molecule is COc1ccc(C(CNC(=O)Nc2cc(Br)ccc2Br)N(C)C)cc1. The van der Waals surface area contributed by atoms with E-state index in [-0.39, 0.29) is 12.1 Å². The van der Waals surface area contributed by atoms with Gasteiger partial charge in [0.15, 0.2) is 0 Å². The maximum atomic E-state index is 12.2. The van der Waals surface area contributed by atoms with Gasteiger partial charge in [-0.15, -0.1) is 0 Å². The van der Waals surface area contributed by atoms with E-state index in [9.17, 15) is 4.79 Å². The standard InChI is InChI=1S/C18H21Br2N3O2/c1-23(2)17(12-4-7-14(25-3)8-5-12)11-21-18(24)22-16-10-13(19)6-9-15(16)20/h4-10,17H,11H2,1-3H3,(H2,21,22,24). The summed E-state index contributed by atoms with van der Waals surface area (Å²) >= 11 is 6.83. The number of carbonyl (C=O) groups excluding carboxylic acids is 1. The Morgan fingerprint density at radius 3 is 2.44 bits per heavy atom. The monoisotopic (exact) mass is 469 g/mol. The molecule has 0 bridgehead atoms. The minimum absolute atomic E-state index is 0.0580. The first-order chi connectivity index (χ1) is 11.9. The number of carbonyl (C=O) groups is 1. The number of rotatable bonds is 6. The summed E-state index contributed by atoms with van der Waals surface area (Å²) in [5, 5.41) is 5.78. The van der Waals surface area contributed by atoms with Gasteiger partial charge in [0.25, 0.3) is 0 Å². The molecule has 0 aliphatic heterocycles. The van der Waals surface area contributed by atoms with Crippen molar-refractivity contribution in [3.05, 3.63) is 57.0 Å². The molecular weight excluding hydrogens is 450 g/mol. The Labute approximate surface area is 165 Å². The van der Waals surface area contributed by atoms with E-state index in [0.717, 1.165) is 20.3 Å². The van der Waals surface area contributed by atoms with Crippen molar-refractivity contribution < 1.29 is 9.53 Å². The molecule has 134 valence electrons. The van der Waals surface area contributed by atoms with Gasteiger partial charge in [-0.25, -0.2) is 4.79 Å². The van der Waals surface area contributed by atoms with E-state index in [1.54, 1.807) is 7.11 Å². The highest BCUT2D eigenvalue weighted by atomic mass is 79.9. The summed E-state index contributed by atoms with van der Waals surface area (Å²) in [5.74, 6) is 0.812. The molecule has 0 aliphatic carbocycles. The molecule has 2 aromatic rings. The van der Waals surface area contributed by atoms with Gasteiger partial charge in [-0.1, -0.05) is 28.1 Å². The van der Waals surface area contributed by atoms with E-state index in [1.165, 1.54) is 0 Å². The lowest BCUT2D eigenvalue weighted by atomic mass is 10.1. The summed E-state index contributed by atoms with van der Waals surface area (Å²) in [6, 6.07) is 13.3. The van der Waals surface area contributed by atoms with Crippen LogP contribution in [-0.4, -0.2) is 38.7 Å². The van der Waals surface area contributed by atoms with Crippen LogP contribution in [0.5, 0.6) is 5.75 Å². The number of halogens is 2. The number of benzene rings is 2. The van der Waals surface area contributed by atoms with Crippen molar-refractivity contribution >= 4 is 43.6 Å². The van der Waals surface area contributed by atoms with E-state index >= 15 is 0 Å². The first-order valence-electron chi connectivity index (χ1n) is 7.71. The molecule has 0 aliphatic rings. The second-order valence-electron chi connectivity index (χ2n) is 5.71. The number of ether oxygens (including phenoxy) is 1. The van der Waals surface area contributed by atoms with Crippen molar-refractivity contribution in [3.63, 3.8) is 0 Å². The van der Waals surface area contributed by atoms with Crippen molar-refractivity contribution in [2.24, 2.45) is 0 Å². The van der Waals surface area contributed by atoms with E-state index in [0.29, 0.717) is 12.2 Å². The first-order valence-corrected chi connectivity index (χ1v) is 9.29. The Bertz CT molecular complexity index is 721. The minimum Gasteiger partial charge on any atom is -0.497 e. The maximum absolute atomic E-state index is 12.2. The normalized spacial score (nSPS) is 11.9. The lowest BCUT2D eigenvalue weighted by Gasteiger charge is -2.25. The van der Waals surface area contributed by atoms with Crippen LogP contribution in [0.2, 0.25) is 0 Å². The number of methoxy groups -OCH3 is 1. The topological polar surface area (TPSA) is 53.6 Å². The van der Waals surface area contributed by atoms with Crippen molar-refractivity contribution in [1.29, 1.82) is 0 Å².